The topological polar surface area (TPSA) is 85.4 Å². The first-order valence-electron chi connectivity index (χ1n) is 8.18. The van der Waals surface area contributed by atoms with Crippen LogP contribution in [-0.2, 0) is 23.8 Å². The van der Waals surface area contributed by atoms with Crippen molar-refractivity contribution in [2.75, 3.05) is 6.61 Å². The molecule has 0 aromatic heterocycles. The van der Waals surface area contributed by atoms with E-state index in [0.29, 0.717) is 12.2 Å². The average Bonchev–Trinajstić information content (AvgIpc) is 3.01. The number of aliphatic hydroxyl groups is 1. The third-order valence-corrected chi connectivity index (χ3v) is 6.18. The number of carbonyl (C=O) groups is 2. The fourth-order valence-electron chi connectivity index (χ4n) is 5.12. The third kappa shape index (κ3) is 2.08. The summed E-state index contributed by atoms with van der Waals surface area (Å²) < 4.78 is 16.8. The van der Waals surface area contributed by atoms with Gasteiger partial charge in [-0.3, -0.25) is 4.79 Å². The van der Waals surface area contributed by atoms with Gasteiger partial charge in [-0.05, 0) is 25.7 Å². The average molecular weight is 322 g/mol. The third-order valence-electron chi connectivity index (χ3n) is 6.18. The molecule has 126 valence electrons. The van der Waals surface area contributed by atoms with Crippen molar-refractivity contribution >= 4 is 11.9 Å². The van der Waals surface area contributed by atoms with Crippen molar-refractivity contribution in [3.8, 4) is 0 Å². The van der Waals surface area contributed by atoms with Gasteiger partial charge in [0.15, 0.2) is 0 Å². The summed E-state index contributed by atoms with van der Waals surface area (Å²) in [5.74, 6) is -1.39. The molecule has 4 aliphatic rings. The summed E-state index contributed by atoms with van der Waals surface area (Å²) in [6.45, 7) is 7.62. The summed E-state index contributed by atoms with van der Waals surface area (Å²) in [7, 11) is 0. The first kappa shape index (κ1) is 15.1. The molecule has 1 spiro atoms. The first-order chi connectivity index (χ1) is 10.8. The molecule has 0 unspecified atom stereocenters. The summed E-state index contributed by atoms with van der Waals surface area (Å²) in [5, 5.41) is 11.1. The van der Waals surface area contributed by atoms with E-state index >= 15 is 0 Å². The molecule has 0 radical (unpaired) electrons. The van der Waals surface area contributed by atoms with Crippen molar-refractivity contribution in [1.82, 2.24) is 0 Å². The minimum absolute atomic E-state index is 0.0447. The number of fused-ring (bicyclic) bond motifs is 4. The SMILES string of the molecule is C=C1C(=O)O[C@H]2[C@H]1[C@@H](OC(C)=O)C[C@@](C)(O)[C@@H]1CC[C@]3(CO3)[C@H]21. The van der Waals surface area contributed by atoms with E-state index in [-0.39, 0.29) is 23.9 Å². The zero-order chi connectivity index (χ0) is 16.6. The van der Waals surface area contributed by atoms with Crippen molar-refractivity contribution < 1.29 is 28.9 Å². The van der Waals surface area contributed by atoms with E-state index < -0.39 is 35.7 Å². The maximum Gasteiger partial charge on any atom is 0.334 e. The number of epoxide rings is 1. The van der Waals surface area contributed by atoms with Gasteiger partial charge in [0.05, 0.1) is 23.7 Å². The second-order valence-electron chi connectivity index (χ2n) is 7.65. The lowest BCUT2D eigenvalue weighted by atomic mass is 9.76. The van der Waals surface area contributed by atoms with Gasteiger partial charge in [-0.25, -0.2) is 4.79 Å². The van der Waals surface area contributed by atoms with E-state index in [0.717, 1.165) is 12.8 Å². The van der Waals surface area contributed by atoms with Crippen molar-refractivity contribution in [3.05, 3.63) is 12.2 Å². The van der Waals surface area contributed by atoms with E-state index in [9.17, 15) is 14.7 Å². The summed E-state index contributed by atoms with van der Waals surface area (Å²) >= 11 is 0. The molecule has 0 aromatic carbocycles. The van der Waals surface area contributed by atoms with Gasteiger partial charge >= 0.3 is 11.9 Å². The Morgan fingerprint density at radius 3 is 2.78 bits per heavy atom. The van der Waals surface area contributed by atoms with Crippen LogP contribution in [0.15, 0.2) is 12.2 Å². The molecule has 2 heterocycles. The molecular weight excluding hydrogens is 300 g/mol. The summed E-state index contributed by atoms with van der Waals surface area (Å²) in [6, 6.07) is 0. The predicted molar refractivity (Wildman–Crippen MR) is 78.2 cm³/mol. The molecule has 2 aliphatic carbocycles. The molecule has 4 rings (SSSR count). The molecule has 7 atom stereocenters. The summed E-state index contributed by atoms with van der Waals surface area (Å²) in [6.07, 6.45) is 0.915. The Morgan fingerprint density at radius 1 is 1.48 bits per heavy atom. The molecule has 0 amide bonds. The Kier molecular flexibility index (Phi) is 3.01. The van der Waals surface area contributed by atoms with Crippen molar-refractivity contribution in [2.24, 2.45) is 17.8 Å². The highest BCUT2D eigenvalue weighted by Crippen LogP contribution is 2.61. The summed E-state index contributed by atoms with van der Waals surface area (Å²) in [5.41, 5.74) is -0.967. The van der Waals surface area contributed by atoms with Gasteiger partial charge < -0.3 is 19.3 Å². The lowest BCUT2D eigenvalue weighted by Gasteiger charge is -2.34. The monoisotopic (exact) mass is 322 g/mol. The molecule has 4 fully saturated rings. The van der Waals surface area contributed by atoms with Crippen LogP contribution in [0.4, 0.5) is 0 Å². The maximum absolute atomic E-state index is 12.1. The van der Waals surface area contributed by atoms with Crippen LogP contribution in [0.3, 0.4) is 0 Å². The van der Waals surface area contributed by atoms with Crippen molar-refractivity contribution in [2.45, 2.75) is 56.5 Å². The lowest BCUT2D eigenvalue weighted by molar-refractivity contribution is -0.152. The number of ether oxygens (including phenoxy) is 3. The Bertz CT molecular complexity index is 590. The normalized spacial score (nSPS) is 51.0. The van der Waals surface area contributed by atoms with Gasteiger partial charge in [-0.1, -0.05) is 6.58 Å². The van der Waals surface area contributed by atoms with Crippen LogP contribution >= 0.6 is 0 Å². The minimum Gasteiger partial charge on any atom is -0.462 e. The number of hydrogen-bond acceptors (Lipinski definition) is 6. The van der Waals surface area contributed by atoms with Gasteiger partial charge in [-0.15, -0.1) is 0 Å². The van der Waals surface area contributed by atoms with Crippen LogP contribution in [0.5, 0.6) is 0 Å². The van der Waals surface area contributed by atoms with Crippen LogP contribution in [0.2, 0.25) is 0 Å². The molecule has 0 aromatic rings. The van der Waals surface area contributed by atoms with Crippen molar-refractivity contribution in [3.63, 3.8) is 0 Å². The largest absolute Gasteiger partial charge is 0.462 e. The highest BCUT2D eigenvalue weighted by molar-refractivity contribution is 5.91. The smallest absolute Gasteiger partial charge is 0.334 e. The number of rotatable bonds is 1. The Morgan fingerprint density at radius 2 is 2.17 bits per heavy atom. The molecule has 23 heavy (non-hydrogen) atoms. The quantitative estimate of drug-likeness (QED) is 0.440. The summed E-state index contributed by atoms with van der Waals surface area (Å²) in [4.78, 5) is 23.6. The minimum atomic E-state index is -1.00. The Hall–Kier alpha value is -1.40. The van der Waals surface area contributed by atoms with E-state index in [4.69, 9.17) is 14.2 Å². The highest BCUT2D eigenvalue weighted by atomic mass is 16.6. The number of esters is 2. The van der Waals surface area contributed by atoms with Crippen LogP contribution in [-0.4, -0.2) is 47.1 Å². The molecule has 0 bridgehead atoms. The maximum atomic E-state index is 12.1. The standard InChI is InChI=1S/C17H22O6/c1-8-12-11(22-9(2)18)6-16(3,20)10-4-5-17(7-21-17)13(10)14(12)23-15(8)19/h10-14,20H,1,4-7H2,2-3H3/t10-,11+,12-,13+,14+,16-,17+/m1/s1. The number of hydrogen-bond donors (Lipinski definition) is 1. The molecule has 2 saturated heterocycles. The van der Waals surface area contributed by atoms with Gasteiger partial charge in [0.25, 0.3) is 0 Å². The van der Waals surface area contributed by atoms with Gasteiger partial charge in [0, 0.05) is 24.8 Å². The lowest BCUT2D eigenvalue weighted by Crippen LogP contribution is -2.43. The fraction of sp³-hybridized carbons (Fsp3) is 0.765. The van der Waals surface area contributed by atoms with E-state index in [2.05, 4.69) is 6.58 Å². The predicted octanol–water partition coefficient (Wildman–Crippen LogP) is 0.966. The van der Waals surface area contributed by atoms with Gasteiger partial charge in [-0.2, -0.15) is 0 Å². The fourth-order valence-corrected chi connectivity index (χ4v) is 5.12. The van der Waals surface area contributed by atoms with Crippen LogP contribution in [0, 0.1) is 17.8 Å². The zero-order valence-electron chi connectivity index (χ0n) is 13.4. The van der Waals surface area contributed by atoms with E-state index in [1.165, 1.54) is 6.92 Å². The Labute approximate surface area is 134 Å². The highest BCUT2D eigenvalue weighted by Gasteiger charge is 2.69. The molecule has 1 N–H and O–H groups in total. The zero-order valence-corrected chi connectivity index (χ0v) is 13.4. The molecule has 6 heteroatoms. The van der Waals surface area contributed by atoms with Gasteiger partial charge in [0.2, 0.25) is 0 Å². The molecule has 2 aliphatic heterocycles. The van der Waals surface area contributed by atoms with Crippen LogP contribution in [0.25, 0.3) is 0 Å². The second-order valence-corrected chi connectivity index (χ2v) is 7.65. The van der Waals surface area contributed by atoms with Gasteiger partial charge in [0.1, 0.15) is 12.2 Å². The van der Waals surface area contributed by atoms with Crippen LogP contribution in [0.1, 0.15) is 33.1 Å². The Balaban J connectivity index is 1.78. The number of carbonyl (C=O) groups excluding carboxylic acids is 2. The van der Waals surface area contributed by atoms with Crippen molar-refractivity contribution in [1.29, 1.82) is 0 Å². The first-order valence-corrected chi connectivity index (χ1v) is 8.18. The second kappa shape index (κ2) is 4.57. The molecule has 2 saturated carbocycles. The molecular formula is C17H22O6. The van der Waals surface area contributed by atoms with Crippen LogP contribution < -0.4 is 0 Å². The van der Waals surface area contributed by atoms with E-state index in [1.54, 1.807) is 6.92 Å². The molecule has 6 nitrogen and oxygen atoms in total. The van der Waals surface area contributed by atoms with E-state index in [1.807, 2.05) is 0 Å².